The van der Waals surface area contributed by atoms with Gasteiger partial charge >= 0.3 is 0 Å². The van der Waals surface area contributed by atoms with E-state index in [-0.39, 0.29) is 17.9 Å². The molecule has 1 aliphatic heterocycles. The van der Waals surface area contributed by atoms with Crippen LogP contribution in [0.4, 0.5) is 0 Å². The quantitative estimate of drug-likeness (QED) is 0.641. The van der Waals surface area contributed by atoms with Crippen LogP contribution in [0.5, 0.6) is 0 Å². The lowest BCUT2D eigenvalue weighted by Gasteiger charge is -2.38. The predicted molar refractivity (Wildman–Crippen MR) is 121 cm³/mol. The Morgan fingerprint density at radius 3 is 2.43 bits per heavy atom. The Kier molecular flexibility index (Phi) is 7.80. The van der Waals surface area contributed by atoms with Crippen LogP contribution in [0.2, 0.25) is 0 Å². The van der Waals surface area contributed by atoms with E-state index in [0.29, 0.717) is 13.1 Å². The van der Waals surface area contributed by atoms with Gasteiger partial charge in [-0.1, -0.05) is 12.1 Å². The topological polar surface area (TPSA) is 60.0 Å². The minimum absolute atomic E-state index is 0.113. The van der Waals surface area contributed by atoms with Crippen LogP contribution in [0.3, 0.4) is 0 Å². The number of carbonyl (C=O) groups is 2. The molecule has 1 atom stereocenters. The summed E-state index contributed by atoms with van der Waals surface area (Å²) in [5.74, 6) is 0.301. The van der Waals surface area contributed by atoms with Gasteiger partial charge in [0.05, 0.1) is 29.3 Å². The first-order chi connectivity index (χ1) is 14.4. The third-order valence-corrected chi connectivity index (χ3v) is 6.89. The summed E-state index contributed by atoms with van der Waals surface area (Å²) in [6.07, 6.45) is 0. The van der Waals surface area contributed by atoms with Gasteiger partial charge < -0.3 is 9.80 Å². The zero-order valence-electron chi connectivity index (χ0n) is 18.5. The Morgan fingerprint density at radius 2 is 1.80 bits per heavy atom. The van der Waals surface area contributed by atoms with Gasteiger partial charge in [-0.25, -0.2) is 4.98 Å². The third-order valence-electron chi connectivity index (χ3n) is 5.87. The lowest BCUT2D eigenvalue weighted by molar-refractivity contribution is -0.137. The summed E-state index contributed by atoms with van der Waals surface area (Å²) in [6.45, 7) is 11.7. The van der Waals surface area contributed by atoms with E-state index in [1.54, 1.807) is 16.2 Å². The van der Waals surface area contributed by atoms with Gasteiger partial charge in [0.2, 0.25) is 11.8 Å². The summed E-state index contributed by atoms with van der Waals surface area (Å²) >= 11 is 1.64. The molecule has 30 heavy (non-hydrogen) atoms. The first kappa shape index (κ1) is 22.7. The zero-order chi connectivity index (χ0) is 21.7. The van der Waals surface area contributed by atoms with Crippen molar-refractivity contribution in [3.8, 4) is 0 Å². The molecule has 3 rings (SSSR count). The lowest BCUT2D eigenvalue weighted by atomic mass is 10.2. The van der Waals surface area contributed by atoms with Gasteiger partial charge in [-0.15, -0.1) is 11.3 Å². The number of benzene rings is 1. The fourth-order valence-corrected chi connectivity index (χ4v) is 4.94. The minimum Gasteiger partial charge on any atom is -0.342 e. The maximum Gasteiger partial charge on any atom is 0.239 e. The van der Waals surface area contributed by atoms with Crippen LogP contribution in [-0.4, -0.2) is 95.3 Å². The lowest BCUT2D eigenvalue weighted by Crippen LogP contribution is -2.55. The molecular formula is C22H33N5O2S. The second-order valence-electron chi connectivity index (χ2n) is 7.82. The van der Waals surface area contributed by atoms with E-state index in [1.807, 2.05) is 50.9 Å². The molecule has 164 valence electrons. The number of thiazole rings is 1. The molecular weight excluding hydrogens is 398 g/mol. The first-order valence-corrected chi connectivity index (χ1v) is 11.6. The van der Waals surface area contributed by atoms with Crippen LogP contribution in [0.15, 0.2) is 24.3 Å². The van der Waals surface area contributed by atoms with Crippen molar-refractivity contribution in [2.75, 3.05) is 52.9 Å². The normalized spacial score (nSPS) is 16.5. The molecule has 8 heteroatoms. The molecule has 2 amide bonds. The number of fused-ring (bicyclic) bond motifs is 1. The van der Waals surface area contributed by atoms with Gasteiger partial charge in [0.25, 0.3) is 0 Å². The van der Waals surface area contributed by atoms with Crippen molar-refractivity contribution >= 4 is 33.4 Å². The zero-order valence-corrected chi connectivity index (χ0v) is 19.3. The van der Waals surface area contributed by atoms with E-state index in [0.717, 1.165) is 54.5 Å². The largest absolute Gasteiger partial charge is 0.342 e. The van der Waals surface area contributed by atoms with E-state index in [9.17, 15) is 9.59 Å². The van der Waals surface area contributed by atoms with Crippen LogP contribution in [0.1, 0.15) is 25.8 Å². The number of rotatable bonds is 8. The minimum atomic E-state index is -0.176. The predicted octanol–water partition coefficient (Wildman–Crippen LogP) is 2.13. The van der Waals surface area contributed by atoms with Gasteiger partial charge in [0.1, 0.15) is 5.01 Å². The Labute approximate surface area is 183 Å². The van der Waals surface area contributed by atoms with Crippen molar-refractivity contribution in [3.05, 3.63) is 29.3 Å². The van der Waals surface area contributed by atoms with E-state index < -0.39 is 0 Å². The Bertz CT molecular complexity index is 825. The van der Waals surface area contributed by atoms with Crippen molar-refractivity contribution in [3.63, 3.8) is 0 Å². The first-order valence-electron chi connectivity index (χ1n) is 10.8. The second kappa shape index (κ2) is 10.3. The van der Waals surface area contributed by atoms with Crippen LogP contribution in [-0.2, 0) is 16.1 Å². The molecule has 0 aliphatic carbocycles. The summed E-state index contributed by atoms with van der Waals surface area (Å²) in [5.41, 5.74) is 0.988. The number of likely N-dealkylation sites (N-methyl/N-ethyl adjacent to an activating group) is 2. The molecule has 7 nitrogen and oxygen atoms in total. The maximum atomic E-state index is 13.0. The highest BCUT2D eigenvalue weighted by Gasteiger charge is 2.28. The molecule has 1 aromatic heterocycles. The summed E-state index contributed by atoms with van der Waals surface area (Å²) in [6, 6.07) is 7.88. The number of hydrogen-bond donors (Lipinski definition) is 0. The molecule has 1 aliphatic rings. The Hall–Kier alpha value is -2.03. The molecule has 0 spiro atoms. The number of amides is 2. The van der Waals surface area contributed by atoms with Crippen molar-refractivity contribution in [2.45, 2.75) is 33.4 Å². The molecule has 2 heterocycles. The van der Waals surface area contributed by atoms with Crippen molar-refractivity contribution < 1.29 is 9.59 Å². The van der Waals surface area contributed by atoms with Crippen LogP contribution >= 0.6 is 11.3 Å². The second-order valence-corrected chi connectivity index (χ2v) is 8.94. The van der Waals surface area contributed by atoms with Crippen LogP contribution in [0.25, 0.3) is 10.2 Å². The van der Waals surface area contributed by atoms with Gasteiger partial charge in [-0.05, 0) is 32.9 Å². The van der Waals surface area contributed by atoms with E-state index in [2.05, 4.69) is 20.9 Å². The fraction of sp³-hybridized carbons (Fsp3) is 0.591. The molecule has 1 aromatic carbocycles. The number of hydrogen-bond acceptors (Lipinski definition) is 6. The van der Waals surface area contributed by atoms with Crippen molar-refractivity contribution in [2.24, 2.45) is 0 Å². The molecule has 0 saturated carbocycles. The standard InChI is InChI=1S/C22H33N5O2S/c1-5-26(6-2)21(28)16-25-11-13-27(14-12-25)17(3)22(29)24(4)15-20-23-18-9-7-8-10-19(18)30-20/h7-10,17H,5-6,11-16H2,1-4H3. The maximum absolute atomic E-state index is 13.0. The van der Waals surface area contributed by atoms with Gasteiger partial charge in [0.15, 0.2) is 0 Å². The Morgan fingerprint density at radius 1 is 1.13 bits per heavy atom. The van der Waals surface area contributed by atoms with Crippen LogP contribution in [0, 0.1) is 0 Å². The molecule has 1 saturated heterocycles. The highest BCUT2D eigenvalue weighted by atomic mass is 32.1. The third kappa shape index (κ3) is 5.36. The fourth-order valence-electron chi connectivity index (χ4n) is 3.92. The molecule has 1 fully saturated rings. The number of para-hydroxylation sites is 1. The number of nitrogens with zero attached hydrogens (tertiary/aromatic N) is 5. The molecule has 0 bridgehead atoms. The average molecular weight is 432 g/mol. The smallest absolute Gasteiger partial charge is 0.239 e. The highest BCUT2D eigenvalue weighted by Crippen LogP contribution is 2.22. The van der Waals surface area contributed by atoms with E-state index in [1.165, 1.54) is 0 Å². The van der Waals surface area contributed by atoms with E-state index >= 15 is 0 Å². The highest BCUT2D eigenvalue weighted by molar-refractivity contribution is 7.18. The summed E-state index contributed by atoms with van der Waals surface area (Å²) in [5, 5.41) is 0.957. The summed E-state index contributed by atoms with van der Waals surface area (Å²) in [4.78, 5) is 38.0. The Balaban J connectivity index is 1.49. The molecule has 2 aromatic rings. The molecule has 1 unspecified atom stereocenters. The van der Waals surface area contributed by atoms with Gasteiger partial charge in [0, 0.05) is 46.3 Å². The SMILES string of the molecule is CCN(CC)C(=O)CN1CCN(C(C)C(=O)N(C)Cc2nc3ccccc3s2)CC1. The molecule has 0 radical (unpaired) electrons. The molecule has 0 N–H and O–H groups in total. The summed E-state index contributed by atoms with van der Waals surface area (Å²) in [7, 11) is 1.85. The number of piperazine rings is 1. The summed E-state index contributed by atoms with van der Waals surface area (Å²) < 4.78 is 1.15. The number of aromatic nitrogens is 1. The van der Waals surface area contributed by atoms with Gasteiger partial charge in [-0.2, -0.15) is 0 Å². The van der Waals surface area contributed by atoms with Gasteiger partial charge in [-0.3, -0.25) is 19.4 Å². The average Bonchev–Trinajstić information content (AvgIpc) is 3.16. The van der Waals surface area contributed by atoms with Crippen LogP contribution < -0.4 is 0 Å². The monoisotopic (exact) mass is 431 g/mol. The van der Waals surface area contributed by atoms with Crippen molar-refractivity contribution in [1.82, 2.24) is 24.6 Å². The number of carbonyl (C=O) groups excluding carboxylic acids is 2. The van der Waals surface area contributed by atoms with Crippen molar-refractivity contribution in [1.29, 1.82) is 0 Å². The van der Waals surface area contributed by atoms with E-state index in [4.69, 9.17) is 0 Å².